The Morgan fingerprint density at radius 1 is 1.39 bits per heavy atom. The fourth-order valence-corrected chi connectivity index (χ4v) is 2.02. The van der Waals surface area contributed by atoms with E-state index in [4.69, 9.17) is 10.8 Å². The van der Waals surface area contributed by atoms with Crippen LogP contribution >= 0.6 is 0 Å². The molecule has 1 aromatic rings. The molecule has 18 heavy (non-hydrogen) atoms. The predicted molar refractivity (Wildman–Crippen MR) is 71.9 cm³/mol. The fraction of sp³-hybridized carbons (Fsp3) is 0.500. The molecule has 6 nitrogen and oxygen atoms in total. The first kappa shape index (κ1) is 14.2. The van der Waals surface area contributed by atoms with E-state index in [1.807, 2.05) is 18.7 Å². The summed E-state index contributed by atoms with van der Waals surface area (Å²) in [6, 6.07) is 3.44. The molecule has 100 valence electrons. The van der Waals surface area contributed by atoms with Gasteiger partial charge < -0.3 is 15.7 Å². The lowest BCUT2D eigenvalue weighted by molar-refractivity contribution is -0.384. The number of hydrogen-bond acceptors (Lipinski definition) is 5. The van der Waals surface area contributed by atoms with E-state index in [1.54, 1.807) is 12.1 Å². The van der Waals surface area contributed by atoms with Gasteiger partial charge in [-0.2, -0.15) is 0 Å². The maximum absolute atomic E-state index is 11.1. The first-order valence-corrected chi connectivity index (χ1v) is 5.98. The number of nitrogen functional groups attached to an aromatic ring is 1. The number of aliphatic hydroxyl groups is 1. The van der Waals surface area contributed by atoms with E-state index >= 15 is 0 Å². The Morgan fingerprint density at radius 2 is 2.00 bits per heavy atom. The lowest BCUT2D eigenvalue weighted by Gasteiger charge is -2.23. The third-order valence-electron chi connectivity index (χ3n) is 2.95. The van der Waals surface area contributed by atoms with Crippen LogP contribution in [0.2, 0.25) is 0 Å². The maximum Gasteiger partial charge on any atom is 0.297 e. The number of nitrogens with two attached hydrogens (primary N) is 1. The van der Waals surface area contributed by atoms with Crippen molar-refractivity contribution in [3.8, 4) is 0 Å². The van der Waals surface area contributed by atoms with Crippen molar-refractivity contribution >= 4 is 17.1 Å². The van der Waals surface area contributed by atoms with Crippen molar-refractivity contribution in [2.75, 3.05) is 30.3 Å². The number of nitro groups is 1. The molecule has 0 atom stereocenters. The van der Waals surface area contributed by atoms with E-state index in [1.165, 1.54) is 0 Å². The van der Waals surface area contributed by atoms with Crippen LogP contribution in [0.1, 0.15) is 19.4 Å². The monoisotopic (exact) mass is 253 g/mol. The summed E-state index contributed by atoms with van der Waals surface area (Å²) in [6.07, 6.45) is 0.235. The summed E-state index contributed by atoms with van der Waals surface area (Å²) in [5.41, 5.74) is 7.13. The third kappa shape index (κ3) is 2.70. The number of rotatable bonds is 6. The average Bonchev–Trinajstić information content (AvgIpc) is 2.33. The van der Waals surface area contributed by atoms with E-state index in [0.29, 0.717) is 11.3 Å². The van der Waals surface area contributed by atoms with Crippen molar-refractivity contribution in [3.05, 3.63) is 27.8 Å². The molecule has 0 unspecified atom stereocenters. The molecule has 0 heterocycles. The van der Waals surface area contributed by atoms with Crippen LogP contribution in [-0.4, -0.2) is 29.7 Å². The topological polar surface area (TPSA) is 92.6 Å². The van der Waals surface area contributed by atoms with Crippen molar-refractivity contribution in [3.63, 3.8) is 0 Å². The molecule has 0 fully saturated rings. The Balaban J connectivity index is 3.33. The van der Waals surface area contributed by atoms with E-state index in [2.05, 4.69) is 0 Å². The molecule has 0 saturated carbocycles. The Labute approximate surface area is 106 Å². The molecule has 3 N–H and O–H groups in total. The van der Waals surface area contributed by atoms with Crippen LogP contribution in [-0.2, 0) is 6.42 Å². The van der Waals surface area contributed by atoms with Crippen molar-refractivity contribution in [2.24, 2.45) is 0 Å². The van der Waals surface area contributed by atoms with Gasteiger partial charge in [-0.05, 0) is 26.0 Å². The molecule has 0 aliphatic heterocycles. The quantitative estimate of drug-likeness (QED) is 0.456. The number of benzene rings is 1. The highest BCUT2D eigenvalue weighted by molar-refractivity contribution is 5.79. The fourth-order valence-electron chi connectivity index (χ4n) is 2.02. The zero-order chi connectivity index (χ0) is 13.7. The van der Waals surface area contributed by atoms with Crippen molar-refractivity contribution < 1.29 is 10.0 Å². The van der Waals surface area contributed by atoms with E-state index < -0.39 is 4.92 Å². The highest BCUT2D eigenvalue weighted by Gasteiger charge is 2.22. The number of hydrogen-bond donors (Lipinski definition) is 2. The molecule has 0 amide bonds. The van der Waals surface area contributed by atoms with Gasteiger partial charge in [-0.1, -0.05) is 0 Å². The molecule has 0 spiro atoms. The highest BCUT2D eigenvalue weighted by Crippen LogP contribution is 2.35. The lowest BCUT2D eigenvalue weighted by Crippen LogP contribution is -2.23. The number of nitro benzene ring substituents is 1. The van der Waals surface area contributed by atoms with Crippen molar-refractivity contribution in [1.29, 1.82) is 0 Å². The van der Waals surface area contributed by atoms with Gasteiger partial charge in [-0.15, -0.1) is 0 Å². The molecule has 1 rings (SSSR count). The minimum absolute atomic E-state index is 0.0894. The summed E-state index contributed by atoms with van der Waals surface area (Å²) >= 11 is 0. The second kappa shape index (κ2) is 6.20. The summed E-state index contributed by atoms with van der Waals surface area (Å²) in [7, 11) is 0. The first-order chi connectivity index (χ1) is 8.56. The zero-order valence-electron chi connectivity index (χ0n) is 10.7. The highest BCUT2D eigenvalue weighted by atomic mass is 16.6. The molecule has 6 heteroatoms. The molecular formula is C12H19N3O3. The average molecular weight is 253 g/mol. The maximum atomic E-state index is 11.1. The van der Waals surface area contributed by atoms with Crippen LogP contribution in [0.15, 0.2) is 12.1 Å². The Kier molecular flexibility index (Phi) is 4.91. The van der Waals surface area contributed by atoms with Crippen LogP contribution < -0.4 is 10.6 Å². The van der Waals surface area contributed by atoms with Gasteiger partial charge in [0.2, 0.25) is 0 Å². The van der Waals surface area contributed by atoms with Crippen LogP contribution in [0.5, 0.6) is 0 Å². The number of nitrogens with zero attached hydrogens (tertiary/aromatic N) is 2. The summed E-state index contributed by atoms with van der Waals surface area (Å²) < 4.78 is 0. The normalized spacial score (nSPS) is 10.4. The minimum atomic E-state index is -0.479. The van der Waals surface area contributed by atoms with Gasteiger partial charge >= 0.3 is 0 Å². The summed E-state index contributed by atoms with van der Waals surface area (Å²) in [5, 5.41) is 20.0. The Hall–Kier alpha value is -1.82. The standard InChI is InChI=1S/C12H19N3O3/c1-3-14(4-2)10-6-5-9(7-8-16)12(11(10)13)15(17)18/h5-6,16H,3-4,7-8,13H2,1-2H3. The number of aliphatic hydroxyl groups excluding tert-OH is 1. The van der Waals surface area contributed by atoms with Crippen molar-refractivity contribution in [1.82, 2.24) is 0 Å². The van der Waals surface area contributed by atoms with Crippen LogP contribution in [0, 0.1) is 10.1 Å². The van der Waals surface area contributed by atoms with Gasteiger partial charge in [0.05, 0.1) is 10.6 Å². The molecule has 1 aromatic carbocycles. The Morgan fingerprint density at radius 3 is 2.44 bits per heavy atom. The van der Waals surface area contributed by atoms with Crippen LogP contribution in [0.25, 0.3) is 0 Å². The zero-order valence-corrected chi connectivity index (χ0v) is 10.7. The van der Waals surface area contributed by atoms with E-state index in [0.717, 1.165) is 13.1 Å². The molecule has 0 bridgehead atoms. The second-order valence-electron chi connectivity index (χ2n) is 3.91. The van der Waals surface area contributed by atoms with Gasteiger partial charge in [-0.3, -0.25) is 10.1 Å². The van der Waals surface area contributed by atoms with Crippen LogP contribution in [0.3, 0.4) is 0 Å². The van der Waals surface area contributed by atoms with Gasteiger partial charge in [0.1, 0.15) is 5.69 Å². The van der Waals surface area contributed by atoms with Gasteiger partial charge in [-0.25, -0.2) is 0 Å². The predicted octanol–water partition coefficient (Wildman–Crippen LogP) is 1.56. The molecule has 0 saturated heterocycles. The van der Waals surface area contributed by atoms with Crippen LogP contribution in [0.4, 0.5) is 17.1 Å². The third-order valence-corrected chi connectivity index (χ3v) is 2.95. The first-order valence-electron chi connectivity index (χ1n) is 5.98. The largest absolute Gasteiger partial charge is 0.396 e. The van der Waals surface area contributed by atoms with E-state index in [-0.39, 0.29) is 24.4 Å². The second-order valence-corrected chi connectivity index (χ2v) is 3.91. The van der Waals surface area contributed by atoms with Crippen molar-refractivity contribution in [2.45, 2.75) is 20.3 Å². The van der Waals surface area contributed by atoms with Gasteiger partial charge in [0.15, 0.2) is 0 Å². The van der Waals surface area contributed by atoms with E-state index in [9.17, 15) is 10.1 Å². The molecular weight excluding hydrogens is 234 g/mol. The summed E-state index contributed by atoms with van der Waals surface area (Å²) in [5.74, 6) is 0. The number of anilines is 2. The lowest BCUT2D eigenvalue weighted by atomic mass is 10.1. The summed E-state index contributed by atoms with van der Waals surface area (Å²) in [6.45, 7) is 5.27. The molecule has 0 aliphatic rings. The smallest absolute Gasteiger partial charge is 0.297 e. The molecule has 0 aromatic heterocycles. The molecule has 0 radical (unpaired) electrons. The Bertz CT molecular complexity index is 431. The minimum Gasteiger partial charge on any atom is -0.396 e. The SMILES string of the molecule is CCN(CC)c1ccc(CCO)c([N+](=O)[O-])c1N. The molecule has 0 aliphatic carbocycles. The van der Waals surface area contributed by atoms with Gasteiger partial charge in [0, 0.05) is 31.7 Å². The van der Waals surface area contributed by atoms with Gasteiger partial charge in [0.25, 0.3) is 5.69 Å². The summed E-state index contributed by atoms with van der Waals surface area (Å²) in [4.78, 5) is 12.6.